The van der Waals surface area contributed by atoms with Gasteiger partial charge in [-0.15, -0.1) is 0 Å². The van der Waals surface area contributed by atoms with Crippen molar-refractivity contribution in [3.8, 4) is 5.75 Å². The molecule has 0 bridgehead atoms. The molecule has 0 aromatic heterocycles. The Morgan fingerprint density at radius 1 is 1.04 bits per heavy atom. The van der Waals surface area contributed by atoms with Crippen molar-refractivity contribution in [3.63, 3.8) is 0 Å². The van der Waals surface area contributed by atoms with Crippen molar-refractivity contribution < 1.29 is 9.13 Å². The van der Waals surface area contributed by atoms with Gasteiger partial charge in [0.25, 0.3) is 0 Å². The zero-order chi connectivity index (χ0) is 17.6. The third-order valence-corrected chi connectivity index (χ3v) is 4.01. The van der Waals surface area contributed by atoms with Crippen LogP contribution in [0.2, 0.25) is 5.02 Å². The van der Waals surface area contributed by atoms with Gasteiger partial charge < -0.3 is 4.74 Å². The first-order valence-corrected chi connectivity index (χ1v) is 8.27. The molecule has 0 aliphatic heterocycles. The van der Waals surface area contributed by atoms with Crippen molar-refractivity contribution in [2.45, 2.75) is 13.5 Å². The largest absolute Gasteiger partial charge is 0.488 e. The van der Waals surface area contributed by atoms with Crippen LogP contribution in [0.5, 0.6) is 5.75 Å². The summed E-state index contributed by atoms with van der Waals surface area (Å²) in [7, 11) is 0. The summed E-state index contributed by atoms with van der Waals surface area (Å²) in [5.74, 6) is 0.316. The molecule has 0 spiro atoms. The van der Waals surface area contributed by atoms with E-state index in [1.165, 1.54) is 6.07 Å². The molecule has 0 saturated carbocycles. The van der Waals surface area contributed by atoms with Crippen LogP contribution in [0.15, 0.2) is 71.7 Å². The minimum absolute atomic E-state index is 0.138. The highest BCUT2D eigenvalue weighted by atomic mass is 35.5. The molecule has 0 N–H and O–H groups in total. The normalized spacial score (nSPS) is 11.0. The lowest BCUT2D eigenvalue weighted by Crippen LogP contribution is -2.00. The number of halogens is 2. The minimum Gasteiger partial charge on any atom is -0.488 e. The predicted molar refractivity (Wildman–Crippen MR) is 101 cm³/mol. The van der Waals surface area contributed by atoms with Gasteiger partial charge in [0.15, 0.2) is 0 Å². The van der Waals surface area contributed by atoms with Crippen LogP contribution in [-0.2, 0) is 6.61 Å². The van der Waals surface area contributed by atoms with Gasteiger partial charge in [0.1, 0.15) is 18.2 Å². The molecular formula is C21H17ClFNO. The molecule has 0 saturated heterocycles. The predicted octanol–water partition coefficient (Wildman–Crippen LogP) is 6.12. The first-order valence-electron chi connectivity index (χ1n) is 7.89. The van der Waals surface area contributed by atoms with Gasteiger partial charge in [-0.3, -0.25) is 4.99 Å². The van der Waals surface area contributed by atoms with E-state index >= 15 is 0 Å². The second-order valence-electron chi connectivity index (χ2n) is 5.61. The van der Waals surface area contributed by atoms with Gasteiger partial charge in [-0.25, -0.2) is 4.39 Å². The molecule has 0 heterocycles. The van der Waals surface area contributed by atoms with Crippen molar-refractivity contribution in [1.82, 2.24) is 0 Å². The first kappa shape index (κ1) is 17.2. The van der Waals surface area contributed by atoms with Crippen molar-refractivity contribution in [2.24, 2.45) is 4.99 Å². The van der Waals surface area contributed by atoms with Gasteiger partial charge in [-0.05, 0) is 42.8 Å². The van der Waals surface area contributed by atoms with Crippen LogP contribution in [0.1, 0.15) is 16.7 Å². The highest BCUT2D eigenvalue weighted by molar-refractivity contribution is 6.30. The molecule has 4 heteroatoms. The summed E-state index contributed by atoms with van der Waals surface area (Å²) in [6.45, 7) is 2.14. The number of ether oxygens (including phenoxy) is 1. The Kier molecular flexibility index (Phi) is 5.46. The second-order valence-corrected chi connectivity index (χ2v) is 6.04. The average Bonchev–Trinajstić information content (AvgIpc) is 2.61. The zero-order valence-electron chi connectivity index (χ0n) is 13.7. The fraction of sp³-hybridized carbons (Fsp3) is 0.0952. The van der Waals surface area contributed by atoms with Crippen molar-refractivity contribution in [1.29, 1.82) is 0 Å². The van der Waals surface area contributed by atoms with Crippen LogP contribution in [0, 0.1) is 12.7 Å². The molecule has 0 amide bonds. The summed E-state index contributed by atoms with van der Waals surface area (Å²) in [6, 6.07) is 19.7. The first-order chi connectivity index (χ1) is 12.1. The van der Waals surface area contributed by atoms with Crippen LogP contribution in [0.3, 0.4) is 0 Å². The summed E-state index contributed by atoms with van der Waals surface area (Å²) in [6.07, 6.45) is 1.71. The molecule has 25 heavy (non-hydrogen) atoms. The smallest absolute Gasteiger partial charge is 0.129 e. The number of para-hydroxylation sites is 1. The third-order valence-electron chi connectivity index (χ3n) is 3.77. The maximum Gasteiger partial charge on any atom is 0.129 e. The number of hydrogen-bond acceptors (Lipinski definition) is 2. The van der Waals surface area contributed by atoms with E-state index in [9.17, 15) is 4.39 Å². The molecule has 0 unspecified atom stereocenters. The number of aryl methyl sites for hydroxylation is 1. The zero-order valence-corrected chi connectivity index (χ0v) is 14.5. The molecule has 2 nitrogen and oxygen atoms in total. The molecule has 3 aromatic carbocycles. The minimum atomic E-state index is -0.286. The number of rotatable bonds is 5. The topological polar surface area (TPSA) is 21.6 Å². The molecule has 3 rings (SSSR count). The summed E-state index contributed by atoms with van der Waals surface area (Å²) < 4.78 is 19.5. The maximum absolute atomic E-state index is 13.7. The van der Waals surface area contributed by atoms with Crippen molar-refractivity contribution in [2.75, 3.05) is 0 Å². The Morgan fingerprint density at radius 3 is 2.60 bits per heavy atom. The monoisotopic (exact) mass is 353 g/mol. The molecular weight excluding hydrogens is 337 g/mol. The van der Waals surface area contributed by atoms with E-state index in [-0.39, 0.29) is 12.4 Å². The van der Waals surface area contributed by atoms with E-state index in [0.717, 1.165) is 16.8 Å². The summed E-state index contributed by atoms with van der Waals surface area (Å²) in [5.41, 5.74) is 3.20. The van der Waals surface area contributed by atoms with E-state index < -0.39 is 0 Å². The highest BCUT2D eigenvalue weighted by Gasteiger charge is 2.06. The lowest BCUT2D eigenvalue weighted by atomic mass is 10.2. The van der Waals surface area contributed by atoms with Crippen LogP contribution in [0.25, 0.3) is 0 Å². The molecule has 0 fully saturated rings. The van der Waals surface area contributed by atoms with Gasteiger partial charge in [0, 0.05) is 22.4 Å². The van der Waals surface area contributed by atoms with Crippen LogP contribution in [-0.4, -0.2) is 6.21 Å². The Labute approximate surface area is 151 Å². The third kappa shape index (κ3) is 4.46. The second kappa shape index (κ2) is 7.95. The van der Waals surface area contributed by atoms with Crippen molar-refractivity contribution in [3.05, 3.63) is 94.3 Å². The Bertz CT molecular complexity index is 908. The lowest BCUT2D eigenvalue weighted by molar-refractivity contribution is 0.299. The summed E-state index contributed by atoms with van der Waals surface area (Å²) in [5, 5.41) is 0.587. The average molecular weight is 354 g/mol. The fourth-order valence-corrected chi connectivity index (χ4v) is 2.55. The molecule has 0 aliphatic carbocycles. The van der Waals surface area contributed by atoms with Gasteiger partial charge >= 0.3 is 0 Å². The molecule has 0 aliphatic rings. The number of benzene rings is 3. The van der Waals surface area contributed by atoms with E-state index in [2.05, 4.69) is 4.99 Å². The fourth-order valence-electron chi connectivity index (χ4n) is 2.37. The van der Waals surface area contributed by atoms with E-state index in [4.69, 9.17) is 16.3 Å². The SMILES string of the molecule is Cc1ccccc1N=Cc1cc(Cl)ccc1OCc1ccccc1F. The highest BCUT2D eigenvalue weighted by Crippen LogP contribution is 2.24. The molecule has 0 atom stereocenters. The molecule has 3 aromatic rings. The van der Waals surface area contributed by atoms with Crippen LogP contribution < -0.4 is 4.74 Å². The Balaban J connectivity index is 1.83. The molecule has 0 radical (unpaired) electrons. The van der Waals surface area contributed by atoms with Gasteiger partial charge in [0.2, 0.25) is 0 Å². The van der Waals surface area contributed by atoms with Gasteiger partial charge in [0.05, 0.1) is 5.69 Å². The quantitative estimate of drug-likeness (QED) is 0.506. The lowest BCUT2D eigenvalue weighted by Gasteiger charge is -2.10. The summed E-state index contributed by atoms with van der Waals surface area (Å²) in [4.78, 5) is 4.51. The standard InChI is InChI=1S/C21H17ClFNO/c1-15-6-2-5-9-20(15)24-13-17-12-18(22)10-11-21(17)25-14-16-7-3-4-8-19(16)23/h2-13H,14H2,1H3. The van der Waals surface area contributed by atoms with Crippen LogP contribution in [0.4, 0.5) is 10.1 Å². The maximum atomic E-state index is 13.7. The van der Waals surface area contributed by atoms with Gasteiger partial charge in [-0.2, -0.15) is 0 Å². The van der Waals surface area contributed by atoms with Crippen molar-refractivity contribution >= 4 is 23.5 Å². The number of hydrogen-bond donors (Lipinski definition) is 0. The van der Waals surface area contributed by atoms with Gasteiger partial charge in [-0.1, -0.05) is 48.0 Å². The number of nitrogens with zero attached hydrogens (tertiary/aromatic N) is 1. The van der Waals surface area contributed by atoms with E-state index in [0.29, 0.717) is 16.3 Å². The number of aliphatic imine (C=N–C) groups is 1. The Hall–Kier alpha value is -2.65. The van der Waals surface area contributed by atoms with E-state index in [1.807, 2.05) is 31.2 Å². The summed E-state index contributed by atoms with van der Waals surface area (Å²) >= 11 is 6.10. The Morgan fingerprint density at radius 2 is 1.80 bits per heavy atom. The molecule has 126 valence electrons. The van der Waals surface area contributed by atoms with E-state index in [1.54, 1.807) is 42.6 Å². The van der Waals surface area contributed by atoms with Crippen LogP contribution >= 0.6 is 11.6 Å².